The van der Waals surface area contributed by atoms with Crippen LogP contribution in [0.3, 0.4) is 0 Å². The molecule has 1 aliphatic heterocycles. The summed E-state index contributed by atoms with van der Waals surface area (Å²) in [7, 11) is 2.85. The Labute approximate surface area is 230 Å². The minimum atomic E-state index is -0.438. The fourth-order valence-corrected chi connectivity index (χ4v) is 5.90. The second-order valence-corrected chi connectivity index (χ2v) is 10.8. The number of nitrogens with one attached hydrogen (secondary N) is 1. The zero-order valence-electron chi connectivity index (χ0n) is 23.1. The molecule has 0 aromatic heterocycles. The Hall–Kier alpha value is -3.84. The molecule has 3 aromatic carbocycles. The molecule has 5 rings (SSSR count). The third kappa shape index (κ3) is 5.50. The normalized spacial score (nSPS) is 17.1. The van der Waals surface area contributed by atoms with E-state index in [1.165, 1.54) is 42.0 Å². The van der Waals surface area contributed by atoms with Crippen molar-refractivity contribution in [2.75, 3.05) is 32.3 Å². The van der Waals surface area contributed by atoms with Gasteiger partial charge in [-0.1, -0.05) is 80.6 Å². The Bertz CT molecular complexity index is 1340. The number of alkyl carbamates (subject to hydrolysis) is 1. The first kappa shape index (κ1) is 26.8. The monoisotopic (exact) mass is 527 g/mol. The van der Waals surface area contributed by atoms with Gasteiger partial charge in [-0.15, -0.1) is 0 Å². The maximum Gasteiger partial charge on any atom is 0.407 e. The van der Waals surface area contributed by atoms with E-state index in [4.69, 9.17) is 9.47 Å². The van der Waals surface area contributed by atoms with Gasteiger partial charge in [-0.25, -0.2) is 9.59 Å². The van der Waals surface area contributed by atoms with Crippen LogP contribution in [-0.2, 0) is 33.7 Å². The van der Waals surface area contributed by atoms with Crippen molar-refractivity contribution in [1.82, 2.24) is 10.2 Å². The van der Waals surface area contributed by atoms with Gasteiger partial charge in [-0.2, -0.15) is 0 Å². The summed E-state index contributed by atoms with van der Waals surface area (Å²) in [5, 5.41) is 3.02. The first-order chi connectivity index (χ1) is 18.9. The van der Waals surface area contributed by atoms with Crippen molar-refractivity contribution in [1.29, 1.82) is 0 Å². The molecule has 2 unspecified atom stereocenters. The standard InChI is InChI=1S/C32H37N3O4/c1-21(2)28(33-32(37)39-4)17-24-14-15-26-25-13-9-8-12-23(25)16-27(26)30(24)35-20-34(19-29(35)31(36)38-3)18-22-10-6-5-7-11-22/h5-15,21,28-29H,16-20H2,1-4H3,(H,33,37). The summed E-state index contributed by atoms with van der Waals surface area (Å²) in [6.07, 6.45) is 0.982. The lowest BCUT2D eigenvalue weighted by atomic mass is 9.91. The highest BCUT2D eigenvalue weighted by Gasteiger charge is 2.40. The number of methoxy groups -OCH3 is 2. The van der Waals surface area contributed by atoms with Crippen molar-refractivity contribution >= 4 is 17.7 Å². The second-order valence-electron chi connectivity index (χ2n) is 10.8. The van der Waals surface area contributed by atoms with Gasteiger partial charge in [-0.3, -0.25) is 4.90 Å². The van der Waals surface area contributed by atoms with E-state index >= 15 is 0 Å². The van der Waals surface area contributed by atoms with Gasteiger partial charge in [0.1, 0.15) is 6.04 Å². The van der Waals surface area contributed by atoms with Crippen molar-refractivity contribution in [3.63, 3.8) is 0 Å². The van der Waals surface area contributed by atoms with Crippen LogP contribution in [0.2, 0.25) is 0 Å². The summed E-state index contributed by atoms with van der Waals surface area (Å²) < 4.78 is 10.2. The molecule has 1 amide bonds. The number of ether oxygens (including phenoxy) is 2. The topological polar surface area (TPSA) is 71.1 Å². The van der Waals surface area contributed by atoms with E-state index < -0.39 is 12.1 Å². The number of esters is 1. The summed E-state index contributed by atoms with van der Waals surface area (Å²) >= 11 is 0. The van der Waals surface area contributed by atoms with Crippen LogP contribution in [-0.4, -0.2) is 56.5 Å². The maximum atomic E-state index is 13.2. The van der Waals surface area contributed by atoms with E-state index in [-0.39, 0.29) is 17.9 Å². The van der Waals surface area contributed by atoms with Crippen LogP contribution in [0.4, 0.5) is 10.5 Å². The molecule has 0 radical (unpaired) electrons. The van der Waals surface area contributed by atoms with E-state index in [0.29, 0.717) is 19.6 Å². The molecule has 2 aliphatic rings. The number of fused-ring (bicyclic) bond motifs is 3. The molecule has 1 aliphatic carbocycles. The number of carbonyl (C=O) groups is 2. The van der Waals surface area contributed by atoms with Crippen LogP contribution in [0, 0.1) is 5.92 Å². The quantitative estimate of drug-likeness (QED) is 0.325. The molecule has 2 atom stereocenters. The molecule has 1 N–H and O–H groups in total. The summed E-state index contributed by atoms with van der Waals surface area (Å²) in [4.78, 5) is 29.9. The molecular weight excluding hydrogens is 490 g/mol. The van der Waals surface area contributed by atoms with Crippen molar-refractivity contribution in [2.24, 2.45) is 5.92 Å². The predicted octanol–water partition coefficient (Wildman–Crippen LogP) is 5.00. The van der Waals surface area contributed by atoms with Gasteiger partial charge >= 0.3 is 12.1 Å². The smallest absolute Gasteiger partial charge is 0.407 e. The minimum absolute atomic E-state index is 0.127. The Morgan fingerprint density at radius 2 is 1.69 bits per heavy atom. The van der Waals surface area contributed by atoms with Gasteiger partial charge < -0.3 is 19.7 Å². The molecule has 1 fully saturated rings. The molecule has 0 bridgehead atoms. The predicted molar refractivity (Wildman–Crippen MR) is 153 cm³/mol. The van der Waals surface area contributed by atoms with Gasteiger partial charge in [0.25, 0.3) is 0 Å². The van der Waals surface area contributed by atoms with Gasteiger partial charge in [0, 0.05) is 31.2 Å². The highest BCUT2D eigenvalue weighted by molar-refractivity contribution is 5.87. The summed E-state index contributed by atoms with van der Waals surface area (Å²) in [6.45, 7) is 6.11. The number of nitrogens with zero attached hydrogens (tertiary/aromatic N) is 2. The number of hydrogen-bond acceptors (Lipinski definition) is 6. The molecule has 1 heterocycles. The van der Waals surface area contributed by atoms with Crippen LogP contribution < -0.4 is 10.2 Å². The van der Waals surface area contributed by atoms with Crippen molar-refractivity contribution in [3.8, 4) is 11.1 Å². The highest BCUT2D eigenvalue weighted by Crippen LogP contribution is 2.45. The fraction of sp³-hybridized carbons (Fsp3) is 0.375. The molecule has 7 heteroatoms. The summed E-state index contributed by atoms with van der Waals surface area (Å²) in [6, 6.07) is 22.6. The van der Waals surface area contributed by atoms with Gasteiger partial charge in [0.15, 0.2) is 0 Å². The first-order valence-electron chi connectivity index (χ1n) is 13.6. The molecule has 0 saturated carbocycles. The van der Waals surface area contributed by atoms with Crippen molar-refractivity contribution in [3.05, 3.63) is 89.0 Å². The lowest BCUT2D eigenvalue weighted by molar-refractivity contribution is -0.141. The van der Waals surface area contributed by atoms with Gasteiger partial charge in [0.05, 0.1) is 20.9 Å². The average Bonchev–Trinajstić information content (AvgIpc) is 3.53. The number of benzene rings is 3. The lowest BCUT2D eigenvalue weighted by Gasteiger charge is -2.31. The number of rotatable bonds is 8. The van der Waals surface area contributed by atoms with Crippen LogP contribution in [0.1, 0.15) is 36.1 Å². The second kappa shape index (κ2) is 11.5. The molecule has 39 heavy (non-hydrogen) atoms. The fourth-order valence-electron chi connectivity index (χ4n) is 5.90. The summed E-state index contributed by atoms with van der Waals surface area (Å²) in [5.41, 5.74) is 8.34. The Balaban J connectivity index is 1.57. The highest BCUT2D eigenvalue weighted by atomic mass is 16.5. The first-order valence-corrected chi connectivity index (χ1v) is 13.6. The van der Waals surface area contributed by atoms with E-state index in [1.807, 2.05) is 18.2 Å². The molecule has 3 aromatic rings. The van der Waals surface area contributed by atoms with Gasteiger partial charge in [-0.05, 0) is 45.7 Å². The van der Waals surface area contributed by atoms with Crippen LogP contribution in [0.15, 0.2) is 66.7 Å². The molecule has 7 nitrogen and oxygen atoms in total. The minimum Gasteiger partial charge on any atom is -0.467 e. The van der Waals surface area contributed by atoms with Crippen LogP contribution in [0.25, 0.3) is 11.1 Å². The van der Waals surface area contributed by atoms with Crippen molar-refractivity contribution in [2.45, 2.75) is 45.3 Å². The van der Waals surface area contributed by atoms with Crippen molar-refractivity contribution < 1.29 is 19.1 Å². The van der Waals surface area contributed by atoms with Crippen LogP contribution in [0.5, 0.6) is 0 Å². The Morgan fingerprint density at radius 1 is 0.949 bits per heavy atom. The third-order valence-electron chi connectivity index (χ3n) is 7.94. The zero-order valence-corrected chi connectivity index (χ0v) is 23.1. The third-order valence-corrected chi connectivity index (χ3v) is 7.94. The van der Waals surface area contributed by atoms with E-state index in [0.717, 1.165) is 24.2 Å². The molecule has 204 valence electrons. The zero-order chi connectivity index (χ0) is 27.5. The average molecular weight is 528 g/mol. The maximum absolute atomic E-state index is 13.2. The number of hydrogen-bond donors (Lipinski definition) is 1. The molecule has 0 spiro atoms. The molecular formula is C32H37N3O4. The molecule has 1 saturated heterocycles. The van der Waals surface area contributed by atoms with E-state index in [2.05, 4.69) is 77.5 Å². The number of carbonyl (C=O) groups excluding carboxylic acids is 2. The Morgan fingerprint density at radius 3 is 2.41 bits per heavy atom. The number of amides is 1. The Kier molecular flexibility index (Phi) is 7.89. The summed E-state index contributed by atoms with van der Waals surface area (Å²) in [5.74, 6) is -0.0512. The van der Waals surface area contributed by atoms with Gasteiger partial charge in [0.2, 0.25) is 0 Å². The van der Waals surface area contributed by atoms with Crippen LogP contribution >= 0.6 is 0 Å². The van der Waals surface area contributed by atoms with E-state index in [9.17, 15) is 9.59 Å². The lowest BCUT2D eigenvalue weighted by Crippen LogP contribution is -2.42. The number of anilines is 1. The SMILES string of the molecule is COC(=O)NC(Cc1ccc2c(c1N1CN(Cc3ccccc3)CC1C(=O)OC)Cc1ccccc1-2)C(C)C. The largest absolute Gasteiger partial charge is 0.467 e. The van der Waals surface area contributed by atoms with E-state index in [1.54, 1.807) is 0 Å².